The van der Waals surface area contributed by atoms with Gasteiger partial charge >= 0.3 is 0 Å². The number of ether oxygens (including phenoxy) is 1. The Morgan fingerprint density at radius 3 is 2.61 bits per heavy atom. The molecule has 3 N–H and O–H groups in total. The Bertz CT molecular complexity index is 401. The molecule has 100 valence electrons. The van der Waals surface area contributed by atoms with E-state index in [4.69, 9.17) is 10.5 Å². The molecule has 1 fully saturated rings. The van der Waals surface area contributed by atoms with Gasteiger partial charge in [0.05, 0.1) is 0 Å². The van der Waals surface area contributed by atoms with E-state index >= 15 is 0 Å². The van der Waals surface area contributed by atoms with Crippen molar-refractivity contribution in [1.29, 1.82) is 0 Å². The number of rotatable bonds is 6. The van der Waals surface area contributed by atoms with Crippen LogP contribution in [0.25, 0.3) is 0 Å². The Morgan fingerprint density at radius 2 is 2.06 bits per heavy atom. The summed E-state index contributed by atoms with van der Waals surface area (Å²) in [6.45, 7) is 4.83. The summed E-state index contributed by atoms with van der Waals surface area (Å²) in [7, 11) is 0. The molecule has 1 saturated carbocycles. The van der Waals surface area contributed by atoms with Crippen molar-refractivity contribution >= 4 is 0 Å². The lowest BCUT2D eigenvalue weighted by molar-refractivity contribution is -0.0165. The Kier molecular flexibility index (Phi) is 3.93. The highest BCUT2D eigenvalue weighted by Crippen LogP contribution is 2.39. The van der Waals surface area contributed by atoms with E-state index in [1.807, 2.05) is 18.2 Å². The number of aliphatic hydroxyl groups is 1. The van der Waals surface area contributed by atoms with Crippen LogP contribution in [0.1, 0.15) is 38.2 Å². The standard InChI is InChI=1S/C15H23NO2/c1-11(2)13-5-3-4-6-14(13)18-10-15(17,9-16)12-7-8-12/h3-6,11-12,17H,7-10,16H2,1-2H3. The molecule has 1 aliphatic carbocycles. The van der Waals surface area contributed by atoms with Crippen molar-refractivity contribution in [2.45, 2.75) is 38.2 Å². The first kappa shape index (κ1) is 13.4. The minimum atomic E-state index is -0.857. The second-order valence-electron chi connectivity index (χ2n) is 5.56. The molecule has 0 heterocycles. The largest absolute Gasteiger partial charge is 0.490 e. The van der Waals surface area contributed by atoms with Crippen LogP contribution in [-0.4, -0.2) is 23.9 Å². The zero-order chi connectivity index (χ0) is 13.2. The van der Waals surface area contributed by atoms with Crippen molar-refractivity contribution in [3.63, 3.8) is 0 Å². The van der Waals surface area contributed by atoms with Gasteiger partial charge in [-0.2, -0.15) is 0 Å². The van der Waals surface area contributed by atoms with Gasteiger partial charge in [-0.15, -0.1) is 0 Å². The summed E-state index contributed by atoms with van der Waals surface area (Å²) >= 11 is 0. The van der Waals surface area contributed by atoms with Gasteiger partial charge in [0.25, 0.3) is 0 Å². The fourth-order valence-corrected chi connectivity index (χ4v) is 2.26. The Hall–Kier alpha value is -1.06. The van der Waals surface area contributed by atoms with Gasteiger partial charge in [0.1, 0.15) is 18.0 Å². The van der Waals surface area contributed by atoms with Crippen molar-refractivity contribution in [2.24, 2.45) is 11.7 Å². The first-order chi connectivity index (χ1) is 8.57. The summed E-state index contributed by atoms with van der Waals surface area (Å²) < 4.78 is 5.83. The number of para-hydroxylation sites is 1. The van der Waals surface area contributed by atoms with Crippen molar-refractivity contribution < 1.29 is 9.84 Å². The Labute approximate surface area is 109 Å². The second kappa shape index (κ2) is 5.29. The zero-order valence-electron chi connectivity index (χ0n) is 11.2. The average Bonchev–Trinajstić information content (AvgIpc) is 3.21. The fourth-order valence-electron chi connectivity index (χ4n) is 2.26. The van der Waals surface area contributed by atoms with Crippen molar-refractivity contribution in [1.82, 2.24) is 0 Å². The highest BCUT2D eigenvalue weighted by molar-refractivity contribution is 5.35. The molecule has 0 amide bonds. The summed E-state index contributed by atoms with van der Waals surface area (Å²) in [6.07, 6.45) is 2.12. The van der Waals surface area contributed by atoms with E-state index in [1.54, 1.807) is 0 Å². The second-order valence-corrected chi connectivity index (χ2v) is 5.56. The van der Waals surface area contributed by atoms with Crippen LogP contribution in [0.5, 0.6) is 5.75 Å². The topological polar surface area (TPSA) is 55.5 Å². The summed E-state index contributed by atoms with van der Waals surface area (Å²) in [5.41, 5.74) is 6.00. The molecule has 3 nitrogen and oxygen atoms in total. The van der Waals surface area contributed by atoms with Crippen LogP contribution in [0, 0.1) is 5.92 Å². The van der Waals surface area contributed by atoms with Gasteiger partial charge in [0.2, 0.25) is 0 Å². The molecule has 1 aromatic carbocycles. The molecule has 3 heteroatoms. The van der Waals surface area contributed by atoms with Crippen LogP contribution < -0.4 is 10.5 Å². The molecule has 0 bridgehead atoms. The predicted octanol–water partition coefficient (Wildman–Crippen LogP) is 2.29. The quantitative estimate of drug-likeness (QED) is 0.813. The smallest absolute Gasteiger partial charge is 0.122 e. The highest BCUT2D eigenvalue weighted by Gasteiger charge is 2.43. The van der Waals surface area contributed by atoms with E-state index in [-0.39, 0.29) is 13.2 Å². The predicted molar refractivity (Wildman–Crippen MR) is 72.8 cm³/mol. The minimum Gasteiger partial charge on any atom is -0.490 e. The van der Waals surface area contributed by atoms with Gasteiger partial charge in [-0.25, -0.2) is 0 Å². The molecule has 1 atom stereocenters. The third-order valence-electron chi connectivity index (χ3n) is 3.71. The number of hydrogen-bond donors (Lipinski definition) is 2. The number of nitrogens with two attached hydrogens (primary N) is 1. The van der Waals surface area contributed by atoms with E-state index in [0.717, 1.165) is 18.6 Å². The van der Waals surface area contributed by atoms with Crippen LogP contribution in [-0.2, 0) is 0 Å². The van der Waals surface area contributed by atoms with E-state index in [9.17, 15) is 5.11 Å². The minimum absolute atomic E-state index is 0.265. The van der Waals surface area contributed by atoms with Crippen LogP contribution in [0.2, 0.25) is 0 Å². The summed E-state index contributed by atoms with van der Waals surface area (Å²) in [6, 6.07) is 8.00. The van der Waals surface area contributed by atoms with E-state index in [2.05, 4.69) is 19.9 Å². The third-order valence-corrected chi connectivity index (χ3v) is 3.71. The molecular formula is C15H23NO2. The SMILES string of the molecule is CC(C)c1ccccc1OCC(O)(CN)C1CC1. The zero-order valence-corrected chi connectivity index (χ0v) is 11.2. The van der Waals surface area contributed by atoms with Gasteiger partial charge in [-0.05, 0) is 36.3 Å². The molecule has 0 spiro atoms. The monoisotopic (exact) mass is 249 g/mol. The van der Waals surface area contributed by atoms with Gasteiger partial charge in [-0.3, -0.25) is 0 Å². The summed E-state index contributed by atoms with van der Waals surface area (Å²) in [5.74, 6) is 1.59. The molecule has 0 aliphatic heterocycles. The first-order valence-electron chi connectivity index (χ1n) is 6.71. The molecule has 1 aliphatic rings. The lowest BCUT2D eigenvalue weighted by atomic mass is 9.99. The lowest BCUT2D eigenvalue weighted by Crippen LogP contribution is -2.45. The van der Waals surface area contributed by atoms with E-state index in [1.165, 1.54) is 5.56 Å². The normalized spacial score (nSPS) is 18.7. The third kappa shape index (κ3) is 2.85. The van der Waals surface area contributed by atoms with Crippen molar-refractivity contribution in [2.75, 3.05) is 13.2 Å². The van der Waals surface area contributed by atoms with E-state index in [0.29, 0.717) is 11.8 Å². The maximum atomic E-state index is 10.4. The Morgan fingerprint density at radius 1 is 1.39 bits per heavy atom. The molecular weight excluding hydrogens is 226 g/mol. The van der Waals surface area contributed by atoms with Crippen LogP contribution in [0.3, 0.4) is 0 Å². The van der Waals surface area contributed by atoms with Gasteiger partial charge in [-0.1, -0.05) is 32.0 Å². The molecule has 2 rings (SSSR count). The van der Waals surface area contributed by atoms with Crippen molar-refractivity contribution in [3.8, 4) is 5.75 Å². The molecule has 0 aromatic heterocycles. The Balaban J connectivity index is 2.05. The molecule has 0 radical (unpaired) electrons. The van der Waals surface area contributed by atoms with Crippen LogP contribution in [0.15, 0.2) is 24.3 Å². The van der Waals surface area contributed by atoms with Gasteiger partial charge in [0, 0.05) is 6.54 Å². The fraction of sp³-hybridized carbons (Fsp3) is 0.600. The molecule has 1 aromatic rings. The molecule has 1 unspecified atom stereocenters. The maximum Gasteiger partial charge on any atom is 0.122 e. The van der Waals surface area contributed by atoms with Crippen molar-refractivity contribution in [3.05, 3.63) is 29.8 Å². The van der Waals surface area contributed by atoms with Crippen LogP contribution >= 0.6 is 0 Å². The summed E-state index contributed by atoms with van der Waals surface area (Å²) in [5, 5.41) is 10.4. The number of benzene rings is 1. The highest BCUT2D eigenvalue weighted by atomic mass is 16.5. The number of hydrogen-bond acceptors (Lipinski definition) is 3. The van der Waals surface area contributed by atoms with Gasteiger partial charge < -0.3 is 15.6 Å². The van der Waals surface area contributed by atoms with Gasteiger partial charge in [0.15, 0.2) is 0 Å². The molecule has 0 saturated heterocycles. The van der Waals surface area contributed by atoms with Crippen LogP contribution in [0.4, 0.5) is 0 Å². The lowest BCUT2D eigenvalue weighted by Gasteiger charge is -2.27. The summed E-state index contributed by atoms with van der Waals surface area (Å²) in [4.78, 5) is 0. The first-order valence-corrected chi connectivity index (χ1v) is 6.71. The van der Waals surface area contributed by atoms with E-state index < -0.39 is 5.60 Å². The maximum absolute atomic E-state index is 10.4. The molecule has 18 heavy (non-hydrogen) atoms. The average molecular weight is 249 g/mol.